The lowest BCUT2D eigenvalue weighted by Gasteiger charge is -2.51. The molecule has 5 fully saturated rings. The average Bonchev–Trinajstić information content (AvgIpc) is 3.25. The van der Waals surface area contributed by atoms with Gasteiger partial charge in [0.1, 0.15) is 0 Å². The standard InChI is InChI=1S/C19H23F2N3O/c20-14-3-1-2-12(15(14)21)13-10-24(18(25)19(22)6-7-19)16-11-4-8-23(9-5-11)17(13)16/h1-3,11,13,16-17H,4-10,22H2/t13-,16+,17+/m0/s1. The van der Waals surface area contributed by atoms with Gasteiger partial charge in [-0.2, -0.15) is 0 Å². The van der Waals surface area contributed by atoms with Crippen molar-refractivity contribution in [1.29, 1.82) is 0 Å². The van der Waals surface area contributed by atoms with Gasteiger partial charge in [-0.15, -0.1) is 0 Å². The molecule has 5 aliphatic rings. The molecule has 25 heavy (non-hydrogen) atoms. The highest BCUT2D eigenvalue weighted by molar-refractivity contribution is 5.90. The molecule has 1 aliphatic carbocycles. The predicted molar refractivity (Wildman–Crippen MR) is 88.8 cm³/mol. The second kappa shape index (κ2) is 5.24. The van der Waals surface area contributed by atoms with Crippen molar-refractivity contribution < 1.29 is 13.6 Å². The Bertz CT molecular complexity index is 727. The molecule has 4 nitrogen and oxygen atoms in total. The first-order chi connectivity index (χ1) is 12.0. The summed E-state index contributed by atoms with van der Waals surface area (Å²) in [6.45, 7) is 2.41. The summed E-state index contributed by atoms with van der Waals surface area (Å²) >= 11 is 0. The number of nitrogens with two attached hydrogens (primary N) is 1. The van der Waals surface area contributed by atoms with Crippen molar-refractivity contribution in [3.05, 3.63) is 35.4 Å². The maximum Gasteiger partial charge on any atom is 0.242 e. The lowest BCUT2D eigenvalue weighted by molar-refractivity contribution is -0.138. The first-order valence-corrected chi connectivity index (χ1v) is 9.27. The summed E-state index contributed by atoms with van der Waals surface area (Å²) in [5, 5.41) is 0. The highest BCUT2D eigenvalue weighted by Crippen LogP contribution is 2.49. The van der Waals surface area contributed by atoms with E-state index in [2.05, 4.69) is 4.90 Å². The molecule has 3 atom stereocenters. The van der Waals surface area contributed by atoms with Crippen molar-refractivity contribution >= 4 is 5.91 Å². The Hall–Kier alpha value is -1.53. The van der Waals surface area contributed by atoms with Crippen LogP contribution < -0.4 is 5.73 Å². The van der Waals surface area contributed by atoms with E-state index in [9.17, 15) is 13.6 Å². The SMILES string of the molecule is NC1(C(=O)N2C[C@@H](c3cccc(F)c3F)[C@@H]3[C@H]2C2CCN3CC2)CC1. The molecule has 1 saturated carbocycles. The van der Waals surface area contributed by atoms with Gasteiger partial charge in [0.2, 0.25) is 5.91 Å². The van der Waals surface area contributed by atoms with Crippen LogP contribution >= 0.6 is 0 Å². The Balaban J connectivity index is 1.56. The molecule has 6 heteroatoms. The Kier molecular flexibility index (Phi) is 3.29. The summed E-state index contributed by atoms with van der Waals surface area (Å²) in [6.07, 6.45) is 3.60. The van der Waals surface area contributed by atoms with Crippen molar-refractivity contribution in [1.82, 2.24) is 9.80 Å². The molecule has 0 unspecified atom stereocenters. The van der Waals surface area contributed by atoms with E-state index in [1.54, 1.807) is 12.1 Å². The normalized spacial score (nSPS) is 37.9. The number of rotatable bonds is 2. The predicted octanol–water partition coefficient (Wildman–Crippen LogP) is 1.84. The van der Waals surface area contributed by atoms with E-state index >= 15 is 0 Å². The number of likely N-dealkylation sites (tertiary alicyclic amines) is 1. The molecule has 0 aromatic heterocycles. The zero-order chi connectivity index (χ0) is 17.3. The molecular formula is C19H23F2N3O. The second-order valence-corrected chi connectivity index (χ2v) is 8.22. The summed E-state index contributed by atoms with van der Waals surface area (Å²) in [5.41, 5.74) is 5.88. The fourth-order valence-corrected chi connectivity index (χ4v) is 5.37. The minimum Gasteiger partial charge on any atom is -0.336 e. The van der Waals surface area contributed by atoms with Gasteiger partial charge in [-0.1, -0.05) is 12.1 Å². The number of fused-ring (bicyclic) bond motifs is 2. The Morgan fingerprint density at radius 2 is 1.88 bits per heavy atom. The smallest absolute Gasteiger partial charge is 0.242 e. The van der Waals surface area contributed by atoms with Crippen LogP contribution in [0.25, 0.3) is 0 Å². The Morgan fingerprint density at radius 1 is 1.16 bits per heavy atom. The molecule has 2 bridgehead atoms. The maximum absolute atomic E-state index is 14.5. The minimum atomic E-state index is -0.813. The van der Waals surface area contributed by atoms with Gasteiger partial charge in [0.05, 0.1) is 11.6 Å². The lowest BCUT2D eigenvalue weighted by atomic mass is 9.75. The largest absolute Gasteiger partial charge is 0.336 e. The summed E-state index contributed by atoms with van der Waals surface area (Å²) in [7, 11) is 0. The van der Waals surface area contributed by atoms with E-state index in [0.717, 1.165) is 44.8 Å². The first kappa shape index (κ1) is 15.7. The van der Waals surface area contributed by atoms with Gasteiger partial charge in [-0.25, -0.2) is 8.78 Å². The molecule has 134 valence electrons. The number of amides is 1. The van der Waals surface area contributed by atoms with E-state index in [4.69, 9.17) is 5.73 Å². The zero-order valence-electron chi connectivity index (χ0n) is 14.1. The van der Waals surface area contributed by atoms with Crippen molar-refractivity contribution in [3.63, 3.8) is 0 Å². The van der Waals surface area contributed by atoms with Gasteiger partial charge < -0.3 is 10.6 Å². The van der Waals surface area contributed by atoms with E-state index in [0.29, 0.717) is 18.0 Å². The molecular weight excluding hydrogens is 324 g/mol. The van der Waals surface area contributed by atoms with Crippen LogP contribution in [-0.4, -0.2) is 53.0 Å². The van der Waals surface area contributed by atoms with Gasteiger partial charge >= 0.3 is 0 Å². The van der Waals surface area contributed by atoms with Crippen LogP contribution in [0, 0.1) is 17.6 Å². The Morgan fingerprint density at radius 3 is 2.56 bits per heavy atom. The van der Waals surface area contributed by atoms with Crippen molar-refractivity contribution in [2.75, 3.05) is 19.6 Å². The van der Waals surface area contributed by atoms with Crippen LogP contribution in [0.2, 0.25) is 0 Å². The third-order valence-corrected chi connectivity index (χ3v) is 6.85. The third-order valence-electron chi connectivity index (χ3n) is 6.85. The monoisotopic (exact) mass is 347 g/mol. The Labute approximate surface area is 146 Å². The summed E-state index contributed by atoms with van der Waals surface area (Å²) in [6, 6.07) is 4.56. The molecule has 4 heterocycles. The number of nitrogens with zero attached hydrogens (tertiary/aromatic N) is 2. The summed E-state index contributed by atoms with van der Waals surface area (Å²) < 4.78 is 28.3. The molecule has 4 aliphatic heterocycles. The van der Waals surface area contributed by atoms with Crippen LogP contribution in [0.15, 0.2) is 18.2 Å². The summed E-state index contributed by atoms with van der Waals surface area (Å²) in [5.74, 6) is -1.31. The van der Waals surface area contributed by atoms with E-state index in [1.807, 2.05) is 4.90 Å². The number of piperidine rings is 3. The molecule has 4 saturated heterocycles. The topological polar surface area (TPSA) is 49.6 Å². The van der Waals surface area contributed by atoms with Crippen LogP contribution in [0.1, 0.15) is 37.2 Å². The van der Waals surface area contributed by atoms with Crippen molar-refractivity contribution in [3.8, 4) is 0 Å². The third kappa shape index (κ3) is 2.20. The molecule has 0 radical (unpaired) electrons. The minimum absolute atomic E-state index is 0.00978. The molecule has 2 N–H and O–H groups in total. The number of benzene rings is 1. The zero-order valence-corrected chi connectivity index (χ0v) is 14.1. The van der Waals surface area contributed by atoms with Crippen LogP contribution in [0.5, 0.6) is 0 Å². The fourth-order valence-electron chi connectivity index (χ4n) is 5.37. The summed E-state index contributed by atoms with van der Waals surface area (Å²) in [4.78, 5) is 17.3. The average molecular weight is 347 g/mol. The van der Waals surface area contributed by atoms with Gasteiger partial charge in [0, 0.05) is 18.5 Å². The van der Waals surface area contributed by atoms with Crippen LogP contribution in [0.3, 0.4) is 0 Å². The fraction of sp³-hybridized carbons (Fsp3) is 0.632. The van der Waals surface area contributed by atoms with Crippen molar-refractivity contribution in [2.45, 2.75) is 49.2 Å². The number of hydrogen-bond donors (Lipinski definition) is 1. The van der Waals surface area contributed by atoms with Gasteiger partial charge in [-0.05, 0) is 56.3 Å². The second-order valence-electron chi connectivity index (χ2n) is 8.22. The molecule has 6 rings (SSSR count). The molecule has 1 aromatic rings. The first-order valence-electron chi connectivity index (χ1n) is 9.27. The lowest BCUT2D eigenvalue weighted by Crippen LogP contribution is -2.62. The number of hydrogen-bond acceptors (Lipinski definition) is 3. The van der Waals surface area contributed by atoms with Crippen molar-refractivity contribution in [2.24, 2.45) is 11.7 Å². The van der Waals surface area contributed by atoms with Crippen LogP contribution in [-0.2, 0) is 4.79 Å². The van der Waals surface area contributed by atoms with Gasteiger partial charge in [0.25, 0.3) is 0 Å². The number of carbonyl (C=O) groups excluding carboxylic acids is 1. The maximum atomic E-state index is 14.5. The highest BCUT2D eigenvalue weighted by atomic mass is 19.2. The molecule has 0 spiro atoms. The van der Waals surface area contributed by atoms with E-state index in [1.165, 1.54) is 0 Å². The number of halogens is 2. The van der Waals surface area contributed by atoms with Gasteiger partial charge in [-0.3, -0.25) is 9.69 Å². The quantitative estimate of drug-likeness (QED) is 0.888. The highest BCUT2D eigenvalue weighted by Gasteiger charge is 2.59. The van der Waals surface area contributed by atoms with Crippen LogP contribution in [0.4, 0.5) is 8.78 Å². The number of carbonyl (C=O) groups is 1. The van der Waals surface area contributed by atoms with Gasteiger partial charge in [0.15, 0.2) is 11.6 Å². The van der Waals surface area contributed by atoms with E-state index < -0.39 is 17.2 Å². The molecule has 1 aromatic carbocycles. The molecule has 1 amide bonds. The van der Waals surface area contributed by atoms with E-state index in [-0.39, 0.29) is 23.9 Å².